The van der Waals surface area contributed by atoms with Crippen LogP contribution in [0.3, 0.4) is 0 Å². The summed E-state index contributed by atoms with van der Waals surface area (Å²) in [6.07, 6.45) is 0. The van der Waals surface area contributed by atoms with Gasteiger partial charge in [-0.2, -0.15) is 0 Å². The summed E-state index contributed by atoms with van der Waals surface area (Å²) in [6, 6.07) is 12.1. The maximum Gasteiger partial charge on any atom is 0.260 e. The normalized spacial score (nSPS) is 25.2. The smallest absolute Gasteiger partial charge is 0.260 e. The van der Waals surface area contributed by atoms with Crippen molar-refractivity contribution in [2.75, 3.05) is 19.6 Å². The van der Waals surface area contributed by atoms with Gasteiger partial charge in [-0.15, -0.1) is 0 Å². The number of hydrogen-bond donors (Lipinski definition) is 1. The summed E-state index contributed by atoms with van der Waals surface area (Å²) in [7, 11) is 0. The Bertz CT molecular complexity index is 809. The van der Waals surface area contributed by atoms with Crippen molar-refractivity contribution in [3.8, 4) is 0 Å². The van der Waals surface area contributed by atoms with Crippen molar-refractivity contribution in [3.05, 3.63) is 70.8 Å². The molecule has 0 saturated carbocycles. The van der Waals surface area contributed by atoms with Crippen LogP contribution in [0.4, 0.5) is 8.78 Å². The zero-order valence-corrected chi connectivity index (χ0v) is 14.0. The first kappa shape index (κ1) is 16.2. The standard InChI is InChI=1S/C20H20F2N2O/c1-12-7-8-16(21)17(18(12)22)20(25)24-11-14-9-23-10-15(14)19(24)13-5-3-2-4-6-13/h2-8,14-15,19,23H,9-11H2,1H3/t14-,15-,19+/m0/s1. The van der Waals surface area contributed by atoms with Gasteiger partial charge in [0.05, 0.1) is 6.04 Å². The van der Waals surface area contributed by atoms with Gasteiger partial charge < -0.3 is 10.2 Å². The van der Waals surface area contributed by atoms with Crippen LogP contribution >= 0.6 is 0 Å². The van der Waals surface area contributed by atoms with E-state index in [1.54, 1.807) is 11.8 Å². The predicted molar refractivity (Wildman–Crippen MR) is 91.2 cm³/mol. The summed E-state index contributed by atoms with van der Waals surface area (Å²) in [5, 5.41) is 3.37. The van der Waals surface area contributed by atoms with Crippen LogP contribution in [0.2, 0.25) is 0 Å². The molecule has 2 saturated heterocycles. The van der Waals surface area contributed by atoms with Gasteiger partial charge in [0.2, 0.25) is 0 Å². The van der Waals surface area contributed by atoms with Crippen molar-refractivity contribution < 1.29 is 13.6 Å². The number of halogens is 2. The summed E-state index contributed by atoms with van der Waals surface area (Å²) >= 11 is 0. The number of carbonyl (C=O) groups is 1. The van der Waals surface area contributed by atoms with E-state index in [4.69, 9.17) is 0 Å². The van der Waals surface area contributed by atoms with Gasteiger partial charge in [0.1, 0.15) is 17.2 Å². The molecule has 0 unspecified atom stereocenters. The summed E-state index contributed by atoms with van der Waals surface area (Å²) in [5.41, 5.74) is 0.858. The number of aryl methyl sites for hydroxylation is 1. The molecule has 2 heterocycles. The Morgan fingerprint density at radius 2 is 1.88 bits per heavy atom. The summed E-state index contributed by atoms with van der Waals surface area (Å²) in [5.74, 6) is -1.53. The third kappa shape index (κ3) is 2.63. The lowest BCUT2D eigenvalue weighted by Gasteiger charge is -2.29. The average Bonchev–Trinajstić information content (AvgIpc) is 3.20. The molecule has 0 spiro atoms. The monoisotopic (exact) mass is 342 g/mol. The number of hydrogen-bond acceptors (Lipinski definition) is 2. The van der Waals surface area contributed by atoms with Crippen molar-refractivity contribution in [2.45, 2.75) is 13.0 Å². The van der Waals surface area contributed by atoms with Gasteiger partial charge in [-0.3, -0.25) is 4.79 Å². The van der Waals surface area contributed by atoms with E-state index in [0.717, 1.165) is 18.7 Å². The van der Waals surface area contributed by atoms with E-state index in [-0.39, 0.29) is 17.5 Å². The van der Waals surface area contributed by atoms with Crippen LogP contribution in [0.5, 0.6) is 0 Å². The Kier molecular flexibility index (Phi) is 4.04. The van der Waals surface area contributed by atoms with Crippen LogP contribution in [-0.2, 0) is 0 Å². The first-order chi connectivity index (χ1) is 12.1. The van der Waals surface area contributed by atoms with Crippen LogP contribution in [0.1, 0.15) is 27.5 Å². The van der Waals surface area contributed by atoms with E-state index in [0.29, 0.717) is 12.5 Å². The first-order valence-corrected chi connectivity index (χ1v) is 8.59. The maximum atomic E-state index is 14.5. The molecule has 0 aliphatic carbocycles. The molecule has 2 fully saturated rings. The van der Waals surface area contributed by atoms with Gasteiger partial charge in [0.25, 0.3) is 5.91 Å². The second-order valence-corrected chi connectivity index (χ2v) is 6.95. The van der Waals surface area contributed by atoms with Crippen molar-refractivity contribution >= 4 is 5.91 Å². The second kappa shape index (κ2) is 6.23. The number of fused-ring (bicyclic) bond motifs is 1. The molecule has 4 rings (SSSR count). The molecule has 2 aromatic carbocycles. The van der Waals surface area contributed by atoms with Crippen molar-refractivity contribution in [3.63, 3.8) is 0 Å². The van der Waals surface area contributed by atoms with Gasteiger partial charge in [-0.05, 0) is 30.0 Å². The highest BCUT2D eigenvalue weighted by molar-refractivity contribution is 5.95. The van der Waals surface area contributed by atoms with Gasteiger partial charge in [-0.25, -0.2) is 8.78 Å². The Balaban J connectivity index is 1.76. The van der Waals surface area contributed by atoms with Gasteiger partial charge in [0, 0.05) is 25.6 Å². The van der Waals surface area contributed by atoms with E-state index in [1.165, 1.54) is 12.1 Å². The maximum absolute atomic E-state index is 14.5. The fourth-order valence-corrected chi connectivity index (χ4v) is 4.20. The zero-order chi connectivity index (χ0) is 17.6. The van der Waals surface area contributed by atoms with E-state index in [2.05, 4.69) is 5.32 Å². The summed E-state index contributed by atoms with van der Waals surface area (Å²) in [6.45, 7) is 3.70. The molecule has 0 aromatic heterocycles. The number of rotatable bonds is 2. The SMILES string of the molecule is Cc1ccc(F)c(C(=O)N2C[C@@H]3CNC[C@@H]3[C@H]2c2ccccc2)c1F. The fraction of sp³-hybridized carbons (Fsp3) is 0.350. The lowest BCUT2D eigenvalue weighted by atomic mass is 9.89. The van der Waals surface area contributed by atoms with E-state index in [9.17, 15) is 13.6 Å². The first-order valence-electron chi connectivity index (χ1n) is 8.59. The van der Waals surface area contributed by atoms with E-state index in [1.807, 2.05) is 30.3 Å². The lowest BCUT2D eigenvalue weighted by molar-refractivity contribution is 0.0704. The number of benzene rings is 2. The Morgan fingerprint density at radius 3 is 2.64 bits per heavy atom. The quantitative estimate of drug-likeness (QED) is 0.908. The molecular weight excluding hydrogens is 322 g/mol. The van der Waals surface area contributed by atoms with Crippen molar-refractivity contribution in [1.29, 1.82) is 0 Å². The molecule has 5 heteroatoms. The number of likely N-dealkylation sites (tertiary alicyclic amines) is 1. The molecular formula is C20H20F2N2O. The lowest BCUT2D eigenvalue weighted by Crippen LogP contribution is -2.35. The minimum absolute atomic E-state index is 0.159. The molecule has 2 aliphatic heterocycles. The average molecular weight is 342 g/mol. The summed E-state index contributed by atoms with van der Waals surface area (Å²) in [4.78, 5) is 14.7. The van der Waals surface area contributed by atoms with E-state index >= 15 is 0 Å². The van der Waals surface area contributed by atoms with E-state index < -0.39 is 23.1 Å². The molecule has 3 nitrogen and oxygen atoms in total. The molecule has 3 atom stereocenters. The Morgan fingerprint density at radius 1 is 1.12 bits per heavy atom. The molecule has 25 heavy (non-hydrogen) atoms. The highest BCUT2D eigenvalue weighted by atomic mass is 19.1. The van der Waals surface area contributed by atoms with Crippen LogP contribution in [0, 0.1) is 30.4 Å². The molecule has 1 N–H and O–H groups in total. The number of amides is 1. The largest absolute Gasteiger partial charge is 0.331 e. The second-order valence-electron chi connectivity index (χ2n) is 6.95. The minimum atomic E-state index is -0.796. The third-order valence-corrected chi connectivity index (χ3v) is 5.46. The highest BCUT2D eigenvalue weighted by Crippen LogP contribution is 2.43. The van der Waals surface area contributed by atoms with Crippen LogP contribution < -0.4 is 5.32 Å². The molecule has 0 radical (unpaired) electrons. The molecule has 2 aromatic rings. The molecule has 1 amide bonds. The number of nitrogens with one attached hydrogen (secondary N) is 1. The van der Waals surface area contributed by atoms with Gasteiger partial charge in [0.15, 0.2) is 0 Å². The number of carbonyl (C=O) groups excluding carboxylic acids is 1. The van der Waals surface area contributed by atoms with Crippen LogP contribution in [0.15, 0.2) is 42.5 Å². The van der Waals surface area contributed by atoms with Crippen molar-refractivity contribution in [1.82, 2.24) is 10.2 Å². The van der Waals surface area contributed by atoms with Crippen LogP contribution in [0.25, 0.3) is 0 Å². The zero-order valence-electron chi connectivity index (χ0n) is 14.0. The van der Waals surface area contributed by atoms with Crippen molar-refractivity contribution in [2.24, 2.45) is 11.8 Å². The van der Waals surface area contributed by atoms with Crippen LogP contribution in [-0.4, -0.2) is 30.4 Å². The number of nitrogens with zero attached hydrogens (tertiary/aromatic N) is 1. The predicted octanol–water partition coefficient (Wildman–Crippen LogP) is 3.31. The Labute approximate surface area is 145 Å². The summed E-state index contributed by atoms with van der Waals surface area (Å²) < 4.78 is 28.7. The Hall–Kier alpha value is -2.27. The topological polar surface area (TPSA) is 32.3 Å². The minimum Gasteiger partial charge on any atom is -0.331 e. The highest BCUT2D eigenvalue weighted by Gasteiger charge is 2.47. The molecule has 2 aliphatic rings. The molecule has 0 bridgehead atoms. The van der Waals surface area contributed by atoms with Gasteiger partial charge >= 0.3 is 0 Å². The van der Waals surface area contributed by atoms with Gasteiger partial charge in [-0.1, -0.05) is 36.4 Å². The third-order valence-electron chi connectivity index (χ3n) is 5.46. The molecule has 130 valence electrons. The fourth-order valence-electron chi connectivity index (χ4n) is 4.20.